The largest absolute Gasteiger partial charge is 0.365 e. The third-order valence-electron chi connectivity index (χ3n) is 1.13. The highest BCUT2D eigenvalue weighted by Crippen LogP contribution is 2.09. The summed E-state index contributed by atoms with van der Waals surface area (Å²) in [5.41, 5.74) is -0.579. The lowest BCUT2D eigenvalue weighted by Crippen LogP contribution is -2.13. The SMILES string of the molecule is O=c1c(I)c[nH]cc1S(=O)(=O)Cl. The Bertz CT molecular complexity index is 452. The monoisotopic (exact) mass is 319 g/mol. The summed E-state index contributed by atoms with van der Waals surface area (Å²) in [6.07, 6.45) is 2.46. The summed E-state index contributed by atoms with van der Waals surface area (Å²) in [5, 5.41) is 0. The van der Waals surface area contributed by atoms with Crippen LogP contribution in [0.4, 0.5) is 0 Å². The average molecular weight is 320 g/mol. The standard InChI is InChI=1S/C5H3ClINO3S/c6-12(10,11)4-2-8-1-3(7)5(4)9/h1-2H,(H,8,9). The van der Waals surface area contributed by atoms with Crippen LogP contribution in [0.15, 0.2) is 22.1 Å². The molecule has 0 bridgehead atoms. The second-order valence-corrected chi connectivity index (χ2v) is 5.63. The highest BCUT2D eigenvalue weighted by atomic mass is 127. The van der Waals surface area contributed by atoms with Gasteiger partial charge in [0.2, 0.25) is 5.43 Å². The summed E-state index contributed by atoms with van der Waals surface area (Å²) in [6, 6.07) is 0. The predicted molar refractivity (Wildman–Crippen MR) is 52.8 cm³/mol. The van der Waals surface area contributed by atoms with Crippen LogP contribution >= 0.6 is 33.3 Å². The summed E-state index contributed by atoms with van der Waals surface area (Å²) >= 11 is 1.72. The van der Waals surface area contributed by atoms with E-state index in [0.717, 1.165) is 6.20 Å². The van der Waals surface area contributed by atoms with Gasteiger partial charge in [-0.2, -0.15) is 0 Å². The molecule has 66 valence electrons. The van der Waals surface area contributed by atoms with Crippen LogP contribution in [0.5, 0.6) is 0 Å². The molecule has 0 radical (unpaired) electrons. The lowest BCUT2D eigenvalue weighted by atomic mass is 10.5. The number of hydrogen-bond acceptors (Lipinski definition) is 3. The minimum absolute atomic E-state index is 0.286. The molecule has 0 aromatic carbocycles. The second-order valence-electron chi connectivity index (χ2n) is 1.93. The molecule has 0 saturated carbocycles. The van der Waals surface area contributed by atoms with Crippen molar-refractivity contribution in [3.8, 4) is 0 Å². The Kier molecular flexibility index (Phi) is 2.79. The zero-order valence-electron chi connectivity index (χ0n) is 5.54. The molecule has 0 amide bonds. The third kappa shape index (κ3) is 1.99. The average Bonchev–Trinajstić information content (AvgIpc) is 1.92. The van der Waals surface area contributed by atoms with Crippen molar-refractivity contribution in [2.24, 2.45) is 0 Å². The third-order valence-corrected chi connectivity index (χ3v) is 3.26. The number of pyridine rings is 1. The molecule has 1 heterocycles. The first-order valence-corrected chi connectivity index (χ1v) is 6.13. The number of H-pyrrole nitrogens is 1. The minimum atomic E-state index is -3.93. The van der Waals surface area contributed by atoms with Crippen molar-refractivity contribution in [1.29, 1.82) is 0 Å². The van der Waals surface area contributed by atoms with Crippen molar-refractivity contribution in [3.05, 3.63) is 26.2 Å². The van der Waals surface area contributed by atoms with E-state index in [1.807, 2.05) is 0 Å². The Balaban J connectivity index is 3.59. The number of rotatable bonds is 1. The molecular weight excluding hydrogens is 316 g/mol. The van der Waals surface area contributed by atoms with Crippen molar-refractivity contribution in [1.82, 2.24) is 4.98 Å². The van der Waals surface area contributed by atoms with Gasteiger partial charge in [-0.15, -0.1) is 0 Å². The second kappa shape index (κ2) is 3.35. The predicted octanol–water partition coefficient (Wildman–Crippen LogP) is 0.907. The van der Waals surface area contributed by atoms with Gasteiger partial charge in [-0.05, 0) is 22.6 Å². The van der Waals surface area contributed by atoms with E-state index in [9.17, 15) is 13.2 Å². The Labute approximate surface area is 86.5 Å². The van der Waals surface area contributed by atoms with Gasteiger partial charge in [0.1, 0.15) is 4.90 Å². The van der Waals surface area contributed by atoms with E-state index >= 15 is 0 Å². The molecule has 0 atom stereocenters. The van der Waals surface area contributed by atoms with Crippen LogP contribution < -0.4 is 5.43 Å². The molecule has 1 aromatic heterocycles. The zero-order chi connectivity index (χ0) is 9.35. The first-order chi connectivity index (χ1) is 5.43. The fourth-order valence-corrected chi connectivity index (χ4v) is 2.16. The van der Waals surface area contributed by atoms with Crippen LogP contribution in [0.3, 0.4) is 0 Å². The van der Waals surface area contributed by atoms with Crippen LogP contribution in [0.25, 0.3) is 0 Å². The van der Waals surface area contributed by atoms with E-state index < -0.39 is 19.4 Å². The highest BCUT2D eigenvalue weighted by molar-refractivity contribution is 14.1. The smallest absolute Gasteiger partial charge is 0.266 e. The van der Waals surface area contributed by atoms with E-state index in [0.29, 0.717) is 0 Å². The molecule has 0 aliphatic rings. The van der Waals surface area contributed by atoms with Gasteiger partial charge in [0.15, 0.2) is 0 Å². The van der Waals surface area contributed by atoms with Crippen molar-refractivity contribution in [2.75, 3.05) is 0 Å². The Morgan fingerprint density at radius 1 is 1.42 bits per heavy atom. The number of nitrogens with one attached hydrogen (secondary N) is 1. The number of hydrogen-bond donors (Lipinski definition) is 1. The summed E-state index contributed by atoms with van der Waals surface area (Å²) in [4.78, 5) is 13.2. The fourth-order valence-electron chi connectivity index (χ4n) is 0.620. The van der Waals surface area contributed by atoms with Crippen LogP contribution in [0.1, 0.15) is 0 Å². The van der Waals surface area contributed by atoms with E-state index in [1.165, 1.54) is 6.20 Å². The first-order valence-electron chi connectivity index (χ1n) is 2.74. The molecule has 1 N–H and O–H groups in total. The fraction of sp³-hybridized carbons (Fsp3) is 0. The maximum atomic E-state index is 11.1. The Morgan fingerprint density at radius 3 is 2.42 bits per heavy atom. The Morgan fingerprint density at radius 2 is 2.00 bits per heavy atom. The van der Waals surface area contributed by atoms with Crippen molar-refractivity contribution in [2.45, 2.75) is 4.90 Å². The van der Waals surface area contributed by atoms with Gasteiger partial charge < -0.3 is 4.98 Å². The molecule has 0 fully saturated rings. The maximum absolute atomic E-state index is 11.1. The number of halogens is 2. The van der Waals surface area contributed by atoms with Gasteiger partial charge in [-0.3, -0.25) is 4.79 Å². The summed E-state index contributed by atoms with van der Waals surface area (Å²) in [5.74, 6) is 0. The number of aromatic nitrogens is 1. The molecule has 0 spiro atoms. The molecule has 0 aliphatic heterocycles. The van der Waals surface area contributed by atoms with E-state index in [1.54, 1.807) is 22.6 Å². The lowest BCUT2D eigenvalue weighted by Gasteiger charge is -1.94. The molecule has 12 heavy (non-hydrogen) atoms. The normalized spacial score (nSPS) is 11.5. The molecule has 0 unspecified atom stereocenters. The van der Waals surface area contributed by atoms with Crippen molar-refractivity contribution >= 4 is 42.3 Å². The number of aromatic amines is 1. The van der Waals surface area contributed by atoms with Crippen LogP contribution in [-0.2, 0) is 9.05 Å². The molecule has 0 aliphatic carbocycles. The molecule has 1 aromatic rings. The molecule has 0 saturated heterocycles. The van der Waals surface area contributed by atoms with Crippen LogP contribution in [-0.4, -0.2) is 13.4 Å². The first kappa shape index (κ1) is 10.0. The quantitative estimate of drug-likeness (QED) is 0.618. The van der Waals surface area contributed by atoms with Gasteiger partial charge in [0, 0.05) is 23.1 Å². The minimum Gasteiger partial charge on any atom is -0.365 e. The summed E-state index contributed by atoms with van der Waals surface area (Å²) < 4.78 is 21.8. The van der Waals surface area contributed by atoms with Crippen molar-refractivity contribution < 1.29 is 8.42 Å². The van der Waals surface area contributed by atoms with Gasteiger partial charge in [0.05, 0.1) is 3.57 Å². The molecule has 1 rings (SSSR count). The van der Waals surface area contributed by atoms with E-state index in [2.05, 4.69) is 4.98 Å². The summed E-state index contributed by atoms with van der Waals surface area (Å²) in [7, 11) is 1.05. The van der Waals surface area contributed by atoms with Gasteiger partial charge >= 0.3 is 0 Å². The van der Waals surface area contributed by atoms with Crippen LogP contribution in [0, 0.1) is 3.57 Å². The summed E-state index contributed by atoms with van der Waals surface area (Å²) in [6.45, 7) is 0. The molecule has 7 heteroatoms. The van der Waals surface area contributed by atoms with Crippen molar-refractivity contribution in [3.63, 3.8) is 0 Å². The van der Waals surface area contributed by atoms with Gasteiger partial charge in [0.25, 0.3) is 9.05 Å². The molecular formula is C5H3ClINO3S. The van der Waals surface area contributed by atoms with E-state index in [-0.39, 0.29) is 3.57 Å². The van der Waals surface area contributed by atoms with Gasteiger partial charge in [-0.25, -0.2) is 8.42 Å². The topological polar surface area (TPSA) is 67.0 Å². The highest BCUT2D eigenvalue weighted by Gasteiger charge is 2.15. The lowest BCUT2D eigenvalue weighted by molar-refractivity contribution is 0.608. The van der Waals surface area contributed by atoms with Crippen LogP contribution in [0.2, 0.25) is 0 Å². The Hall–Kier alpha value is -0.0800. The van der Waals surface area contributed by atoms with E-state index in [4.69, 9.17) is 10.7 Å². The van der Waals surface area contributed by atoms with Gasteiger partial charge in [-0.1, -0.05) is 0 Å². The molecule has 4 nitrogen and oxygen atoms in total. The maximum Gasteiger partial charge on any atom is 0.266 e. The zero-order valence-corrected chi connectivity index (χ0v) is 9.27.